The number of nitrogens with zero attached hydrogens (tertiary/aromatic N) is 1. The first-order valence-corrected chi connectivity index (χ1v) is 9.55. The average molecular weight is 355 g/mol. The Balaban J connectivity index is 1.30. The van der Waals surface area contributed by atoms with Gasteiger partial charge in [0.15, 0.2) is 0 Å². The molecule has 3 aliphatic rings. The Morgan fingerprint density at radius 2 is 2.12 bits per heavy atom. The second-order valence-corrected chi connectivity index (χ2v) is 7.82. The Kier molecular flexibility index (Phi) is 4.66. The van der Waals surface area contributed by atoms with Crippen LogP contribution < -0.4 is 10.6 Å². The number of hydrogen-bond donors (Lipinski definition) is 2. The summed E-state index contributed by atoms with van der Waals surface area (Å²) in [6.07, 6.45) is 6.56. The third-order valence-electron chi connectivity index (χ3n) is 6.15. The molecule has 138 valence electrons. The second-order valence-electron chi connectivity index (χ2n) is 7.82. The SMILES string of the molecule is O=C(NCC[C@@H]1C[C@H]2CC[C@H]1C2)c1cccc(CN2C(=O)CNC2=O)c1. The molecule has 26 heavy (non-hydrogen) atoms. The molecule has 1 heterocycles. The van der Waals surface area contributed by atoms with Crippen molar-refractivity contribution in [2.45, 2.75) is 38.6 Å². The number of imide groups is 1. The minimum atomic E-state index is -0.379. The van der Waals surface area contributed by atoms with Gasteiger partial charge in [-0.2, -0.15) is 0 Å². The summed E-state index contributed by atoms with van der Waals surface area (Å²) < 4.78 is 0. The highest BCUT2D eigenvalue weighted by molar-refractivity contribution is 6.02. The van der Waals surface area contributed by atoms with E-state index in [1.807, 2.05) is 6.07 Å². The van der Waals surface area contributed by atoms with Crippen molar-refractivity contribution in [2.75, 3.05) is 13.1 Å². The Morgan fingerprint density at radius 1 is 1.23 bits per heavy atom. The fraction of sp³-hybridized carbons (Fsp3) is 0.550. The molecule has 6 heteroatoms. The lowest BCUT2D eigenvalue weighted by Crippen LogP contribution is -2.30. The number of amides is 4. The molecule has 2 aliphatic carbocycles. The average Bonchev–Trinajstić information content (AvgIpc) is 3.34. The zero-order chi connectivity index (χ0) is 18.1. The summed E-state index contributed by atoms with van der Waals surface area (Å²) in [5.74, 6) is 2.26. The van der Waals surface area contributed by atoms with Crippen LogP contribution in [0, 0.1) is 17.8 Å². The predicted molar refractivity (Wildman–Crippen MR) is 96.3 cm³/mol. The normalized spacial score (nSPS) is 27.1. The molecule has 1 aliphatic heterocycles. The first kappa shape index (κ1) is 17.1. The maximum absolute atomic E-state index is 12.4. The molecule has 3 fully saturated rings. The Labute approximate surface area is 153 Å². The summed E-state index contributed by atoms with van der Waals surface area (Å²) in [7, 11) is 0. The Hall–Kier alpha value is -2.37. The van der Waals surface area contributed by atoms with E-state index in [9.17, 15) is 14.4 Å². The fourth-order valence-electron chi connectivity index (χ4n) is 4.81. The zero-order valence-electron chi connectivity index (χ0n) is 14.9. The van der Waals surface area contributed by atoms with Crippen molar-refractivity contribution in [3.63, 3.8) is 0 Å². The smallest absolute Gasteiger partial charge is 0.324 e. The van der Waals surface area contributed by atoms with Crippen molar-refractivity contribution >= 4 is 17.8 Å². The van der Waals surface area contributed by atoms with E-state index in [-0.39, 0.29) is 30.9 Å². The summed E-state index contributed by atoms with van der Waals surface area (Å²) >= 11 is 0. The monoisotopic (exact) mass is 355 g/mol. The van der Waals surface area contributed by atoms with Gasteiger partial charge in [-0.25, -0.2) is 4.79 Å². The number of urea groups is 1. The molecule has 2 N–H and O–H groups in total. The van der Waals surface area contributed by atoms with Crippen LogP contribution in [0.4, 0.5) is 4.79 Å². The number of carbonyl (C=O) groups excluding carboxylic acids is 3. The molecule has 1 aromatic carbocycles. The highest BCUT2D eigenvalue weighted by Gasteiger charge is 2.38. The van der Waals surface area contributed by atoms with Gasteiger partial charge in [-0.05, 0) is 61.1 Å². The van der Waals surface area contributed by atoms with Gasteiger partial charge in [-0.15, -0.1) is 0 Å². The molecular formula is C20H25N3O3. The van der Waals surface area contributed by atoms with Crippen LogP contribution in [0.25, 0.3) is 0 Å². The molecule has 4 rings (SSSR count). The molecule has 3 atom stereocenters. The Morgan fingerprint density at radius 3 is 2.81 bits per heavy atom. The van der Waals surface area contributed by atoms with Gasteiger partial charge in [0, 0.05) is 12.1 Å². The number of nitrogens with one attached hydrogen (secondary N) is 2. The molecule has 6 nitrogen and oxygen atoms in total. The lowest BCUT2D eigenvalue weighted by molar-refractivity contribution is -0.125. The molecule has 0 unspecified atom stereocenters. The van der Waals surface area contributed by atoms with Gasteiger partial charge in [0.1, 0.15) is 0 Å². The lowest BCUT2D eigenvalue weighted by Gasteiger charge is -2.21. The minimum absolute atomic E-state index is 0.0437. The van der Waals surface area contributed by atoms with Gasteiger partial charge in [0.2, 0.25) is 5.91 Å². The quantitative estimate of drug-likeness (QED) is 0.769. The summed E-state index contributed by atoms with van der Waals surface area (Å²) in [6, 6.07) is 6.76. The number of rotatable bonds is 6. The predicted octanol–water partition coefficient (Wildman–Crippen LogP) is 2.29. The molecule has 1 aromatic rings. The molecular weight excluding hydrogens is 330 g/mol. The van der Waals surface area contributed by atoms with Crippen LogP contribution in [-0.4, -0.2) is 35.8 Å². The van der Waals surface area contributed by atoms with E-state index in [0.29, 0.717) is 12.1 Å². The van der Waals surface area contributed by atoms with Crippen LogP contribution in [0.1, 0.15) is 48.0 Å². The van der Waals surface area contributed by atoms with E-state index in [0.717, 1.165) is 29.7 Å². The van der Waals surface area contributed by atoms with Crippen LogP contribution in [0.5, 0.6) is 0 Å². The maximum atomic E-state index is 12.4. The van der Waals surface area contributed by atoms with Crippen LogP contribution in [-0.2, 0) is 11.3 Å². The maximum Gasteiger partial charge on any atom is 0.324 e. The standard InChI is InChI=1S/C20H25N3O3/c24-18-11-22-20(26)23(18)12-14-2-1-3-17(10-14)19(25)21-7-6-16-9-13-4-5-15(16)8-13/h1-3,10,13,15-16H,4-9,11-12H2,(H,21,25)(H,22,26)/t13-,15-,16+/m0/s1. The summed E-state index contributed by atoms with van der Waals surface area (Å²) in [6.45, 7) is 0.947. The molecule has 4 amide bonds. The number of benzene rings is 1. The van der Waals surface area contributed by atoms with E-state index >= 15 is 0 Å². The molecule has 0 radical (unpaired) electrons. The first-order chi connectivity index (χ1) is 12.6. The van der Waals surface area contributed by atoms with Gasteiger partial charge in [0.25, 0.3) is 5.91 Å². The highest BCUT2D eigenvalue weighted by Crippen LogP contribution is 2.49. The topological polar surface area (TPSA) is 78.5 Å². The van der Waals surface area contributed by atoms with Gasteiger partial charge < -0.3 is 10.6 Å². The molecule has 2 bridgehead atoms. The van der Waals surface area contributed by atoms with Gasteiger partial charge in [-0.1, -0.05) is 18.6 Å². The van der Waals surface area contributed by atoms with Gasteiger partial charge in [-0.3, -0.25) is 14.5 Å². The van der Waals surface area contributed by atoms with Crippen molar-refractivity contribution in [1.29, 1.82) is 0 Å². The minimum Gasteiger partial charge on any atom is -0.352 e. The Bertz CT molecular complexity index is 717. The second kappa shape index (κ2) is 7.09. The van der Waals surface area contributed by atoms with Gasteiger partial charge >= 0.3 is 6.03 Å². The van der Waals surface area contributed by atoms with Crippen LogP contribution in [0.15, 0.2) is 24.3 Å². The van der Waals surface area contributed by atoms with Crippen molar-refractivity contribution in [3.8, 4) is 0 Å². The van der Waals surface area contributed by atoms with E-state index in [2.05, 4.69) is 10.6 Å². The first-order valence-electron chi connectivity index (χ1n) is 9.55. The van der Waals surface area contributed by atoms with E-state index in [4.69, 9.17) is 0 Å². The van der Waals surface area contributed by atoms with Crippen LogP contribution in [0.2, 0.25) is 0 Å². The molecule has 0 aromatic heterocycles. The largest absolute Gasteiger partial charge is 0.352 e. The number of carbonyl (C=O) groups is 3. The summed E-state index contributed by atoms with van der Waals surface area (Å²) in [4.78, 5) is 36.9. The molecule has 2 saturated carbocycles. The van der Waals surface area contributed by atoms with E-state index in [1.165, 1.54) is 30.6 Å². The third-order valence-corrected chi connectivity index (χ3v) is 6.15. The third kappa shape index (κ3) is 3.45. The van der Waals surface area contributed by atoms with Crippen molar-refractivity contribution in [1.82, 2.24) is 15.5 Å². The summed E-state index contributed by atoms with van der Waals surface area (Å²) in [5.41, 5.74) is 1.35. The summed E-state index contributed by atoms with van der Waals surface area (Å²) in [5, 5.41) is 5.53. The zero-order valence-corrected chi connectivity index (χ0v) is 14.9. The van der Waals surface area contributed by atoms with Crippen LogP contribution in [0.3, 0.4) is 0 Å². The van der Waals surface area contributed by atoms with Gasteiger partial charge in [0.05, 0.1) is 13.1 Å². The lowest BCUT2D eigenvalue weighted by atomic mass is 9.86. The highest BCUT2D eigenvalue weighted by atomic mass is 16.2. The number of hydrogen-bond acceptors (Lipinski definition) is 3. The van der Waals surface area contributed by atoms with Crippen molar-refractivity contribution < 1.29 is 14.4 Å². The molecule has 0 spiro atoms. The van der Waals surface area contributed by atoms with Crippen LogP contribution >= 0.6 is 0 Å². The van der Waals surface area contributed by atoms with E-state index < -0.39 is 0 Å². The fourth-order valence-corrected chi connectivity index (χ4v) is 4.81. The molecule has 1 saturated heterocycles. The van der Waals surface area contributed by atoms with E-state index in [1.54, 1.807) is 18.2 Å². The van der Waals surface area contributed by atoms with Crippen molar-refractivity contribution in [2.24, 2.45) is 17.8 Å². The van der Waals surface area contributed by atoms with Crippen molar-refractivity contribution in [3.05, 3.63) is 35.4 Å². The number of fused-ring (bicyclic) bond motifs is 2.